The second kappa shape index (κ2) is 8.91. The van der Waals surface area contributed by atoms with Gasteiger partial charge in [-0.1, -0.05) is 18.2 Å². The van der Waals surface area contributed by atoms with Gasteiger partial charge < -0.3 is 19.7 Å². The quantitative estimate of drug-likeness (QED) is 0.774. The van der Waals surface area contributed by atoms with Crippen molar-refractivity contribution in [1.82, 2.24) is 5.32 Å². The average Bonchev–Trinajstić information content (AvgIpc) is 3.12. The van der Waals surface area contributed by atoms with Crippen LogP contribution in [0.2, 0.25) is 0 Å². The summed E-state index contributed by atoms with van der Waals surface area (Å²) >= 11 is 0. The van der Waals surface area contributed by atoms with Crippen molar-refractivity contribution in [3.8, 4) is 11.5 Å². The smallest absolute Gasteiger partial charge is 0.227 e. The lowest BCUT2D eigenvalue weighted by Gasteiger charge is -2.17. The normalized spacial score (nSPS) is 15.1. The predicted octanol–water partition coefficient (Wildman–Crippen LogP) is 3.55. The first kappa shape index (κ1) is 19.2. The molecule has 3 rings (SSSR count). The molecule has 1 aliphatic heterocycles. The summed E-state index contributed by atoms with van der Waals surface area (Å²) in [5, 5.41) is 3.56. The summed E-state index contributed by atoms with van der Waals surface area (Å²) in [6.45, 7) is 3.80. The highest BCUT2D eigenvalue weighted by molar-refractivity contribution is 5.95. The molecule has 1 unspecified atom stereocenters. The van der Waals surface area contributed by atoms with Gasteiger partial charge in [0.2, 0.25) is 5.91 Å². The van der Waals surface area contributed by atoms with Crippen molar-refractivity contribution in [1.29, 1.82) is 0 Å². The fourth-order valence-electron chi connectivity index (χ4n) is 3.44. The first-order chi connectivity index (χ1) is 13.1. The van der Waals surface area contributed by atoms with Crippen molar-refractivity contribution >= 4 is 11.6 Å². The molecule has 0 radical (unpaired) electrons. The molecule has 2 aromatic carbocycles. The van der Waals surface area contributed by atoms with Crippen LogP contribution in [-0.4, -0.2) is 32.7 Å². The molecule has 0 spiro atoms. The van der Waals surface area contributed by atoms with E-state index in [1.54, 1.807) is 14.2 Å². The summed E-state index contributed by atoms with van der Waals surface area (Å²) in [6, 6.07) is 14.6. The zero-order chi connectivity index (χ0) is 19.2. The summed E-state index contributed by atoms with van der Waals surface area (Å²) in [7, 11) is 3.30. The molecule has 0 aliphatic carbocycles. The van der Waals surface area contributed by atoms with E-state index in [1.807, 2.05) is 29.2 Å². The second-order valence-electron chi connectivity index (χ2n) is 6.99. The molecule has 0 aromatic heterocycles. The third-order valence-corrected chi connectivity index (χ3v) is 4.97. The minimum absolute atomic E-state index is 0.226. The molecular weight excluding hydrogens is 340 g/mol. The van der Waals surface area contributed by atoms with Crippen molar-refractivity contribution in [2.24, 2.45) is 0 Å². The van der Waals surface area contributed by atoms with Crippen molar-refractivity contribution < 1.29 is 14.3 Å². The maximum Gasteiger partial charge on any atom is 0.227 e. The standard InChI is InChI=1S/C22H28N2O3/c1-16(13-18-8-11-20(26-2)21(14-18)27-3)23-15-17-6-9-19(10-7-17)24-12-4-5-22(24)25/h6-11,14,16,23H,4-5,12-13,15H2,1-3H3. The number of anilines is 1. The molecule has 5 heteroatoms. The molecule has 0 bridgehead atoms. The number of rotatable bonds is 8. The lowest BCUT2D eigenvalue weighted by atomic mass is 10.1. The Balaban J connectivity index is 1.53. The Bertz CT molecular complexity index is 774. The van der Waals surface area contributed by atoms with Gasteiger partial charge in [-0.2, -0.15) is 0 Å². The molecule has 0 saturated carbocycles. The number of hydrogen-bond donors (Lipinski definition) is 1. The average molecular weight is 368 g/mol. The van der Waals surface area contributed by atoms with E-state index in [4.69, 9.17) is 9.47 Å². The van der Waals surface area contributed by atoms with Crippen LogP contribution in [0.4, 0.5) is 5.69 Å². The van der Waals surface area contributed by atoms with E-state index >= 15 is 0 Å². The topological polar surface area (TPSA) is 50.8 Å². The van der Waals surface area contributed by atoms with E-state index in [2.05, 4.69) is 30.4 Å². The number of methoxy groups -OCH3 is 2. The van der Waals surface area contributed by atoms with Gasteiger partial charge in [0.15, 0.2) is 11.5 Å². The van der Waals surface area contributed by atoms with Gasteiger partial charge in [0.1, 0.15) is 0 Å². The minimum Gasteiger partial charge on any atom is -0.493 e. The van der Waals surface area contributed by atoms with Crippen LogP contribution >= 0.6 is 0 Å². The van der Waals surface area contributed by atoms with Crippen LogP contribution in [0.3, 0.4) is 0 Å². The monoisotopic (exact) mass is 368 g/mol. The Morgan fingerprint density at radius 3 is 2.37 bits per heavy atom. The lowest BCUT2D eigenvalue weighted by molar-refractivity contribution is -0.117. The highest BCUT2D eigenvalue weighted by atomic mass is 16.5. The highest BCUT2D eigenvalue weighted by Crippen LogP contribution is 2.28. The van der Waals surface area contributed by atoms with E-state index in [0.717, 1.165) is 43.1 Å². The molecule has 1 N–H and O–H groups in total. The lowest BCUT2D eigenvalue weighted by Crippen LogP contribution is -2.27. The van der Waals surface area contributed by atoms with Crippen LogP contribution < -0.4 is 19.7 Å². The number of nitrogens with one attached hydrogen (secondary N) is 1. The van der Waals surface area contributed by atoms with Crippen LogP contribution in [0.15, 0.2) is 42.5 Å². The molecule has 1 fully saturated rings. The summed E-state index contributed by atoms with van der Waals surface area (Å²) in [5.41, 5.74) is 3.42. The van der Waals surface area contributed by atoms with Crippen LogP contribution in [-0.2, 0) is 17.8 Å². The molecule has 5 nitrogen and oxygen atoms in total. The molecule has 2 aromatic rings. The SMILES string of the molecule is COc1ccc(CC(C)NCc2ccc(N3CCCC3=O)cc2)cc1OC. The molecule has 27 heavy (non-hydrogen) atoms. The van der Waals surface area contributed by atoms with Crippen molar-refractivity contribution in [2.75, 3.05) is 25.7 Å². The number of nitrogens with zero attached hydrogens (tertiary/aromatic N) is 1. The Hall–Kier alpha value is -2.53. The second-order valence-corrected chi connectivity index (χ2v) is 6.99. The van der Waals surface area contributed by atoms with E-state index in [-0.39, 0.29) is 5.91 Å². The summed E-state index contributed by atoms with van der Waals surface area (Å²) in [4.78, 5) is 13.7. The number of carbonyl (C=O) groups excluding carboxylic acids is 1. The van der Waals surface area contributed by atoms with Crippen LogP contribution in [0.5, 0.6) is 11.5 Å². The summed E-state index contributed by atoms with van der Waals surface area (Å²) < 4.78 is 10.7. The number of amides is 1. The molecule has 1 aliphatic rings. The zero-order valence-electron chi connectivity index (χ0n) is 16.3. The largest absolute Gasteiger partial charge is 0.493 e. The number of carbonyl (C=O) groups is 1. The van der Waals surface area contributed by atoms with Crippen LogP contribution in [0, 0.1) is 0 Å². The van der Waals surface area contributed by atoms with E-state index in [1.165, 1.54) is 11.1 Å². The number of ether oxygens (including phenoxy) is 2. The van der Waals surface area contributed by atoms with Gasteiger partial charge >= 0.3 is 0 Å². The van der Waals surface area contributed by atoms with Crippen molar-refractivity contribution in [3.63, 3.8) is 0 Å². The maximum absolute atomic E-state index is 11.8. The van der Waals surface area contributed by atoms with E-state index < -0.39 is 0 Å². The van der Waals surface area contributed by atoms with Crippen LogP contribution in [0.25, 0.3) is 0 Å². The fourth-order valence-corrected chi connectivity index (χ4v) is 3.44. The van der Waals surface area contributed by atoms with Gasteiger partial charge in [-0.25, -0.2) is 0 Å². The fraction of sp³-hybridized carbons (Fsp3) is 0.409. The summed E-state index contributed by atoms with van der Waals surface area (Å²) in [5.74, 6) is 1.73. The molecule has 1 atom stereocenters. The van der Waals surface area contributed by atoms with Gasteiger partial charge in [-0.3, -0.25) is 4.79 Å². The molecule has 1 saturated heterocycles. The zero-order valence-corrected chi connectivity index (χ0v) is 16.3. The van der Waals surface area contributed by atoms with Gasteiger partial charge in [0.25, 0.3) is 0 Å². The minimum atomic E-state index is 0.226. The van der Waals surface area contributed by atoms with Crippen molar-refractivity contribution in [2.45, 2.75) is 38.8 Å². The Kier molecular flexibility index (Phi) is 6.35. The van der Waals surface area contributed by atoms with Crippen molar-refractivity contribution in [3.05, 3.63) is 53.6 Å². The molecule has 1 amide bonds. The Morgan fingerprint density at radius 2 is 1.74 bits per heavy atom. The Labute approximate surface area is 161 Å². The molecule has 144 valence electrons. The van der Waals surface area contributed by atoms with Gasteiger partial charge in [0, 0.05) is 31.2 Å². The molecule has 1 heterocycles. The molecular formula is C22H28N2O3. The van der Waals surface area contributed by atoms with E-state index in [0.29, 0.717) is 12.5 Å². The third-order valence-electron chi connectivity index (χ3n) is 4.97. The highest BCUT2D eigenvalue weighted by Gasteiger charge is 2.21. The first-order valence-electron chi connectivity index (χ1n) is 9.44. The third kappa shape index (κ3) is 4.80. The van der Waals surface area contributed by atoms with Gasteiger partial charge in [0.05, 0.1) is 14.2 Å². The van der Waals surface area contributed by atoms with Gasteiger partial charge in [-0.15, -0.1) is 0 Å². The number of hydrogen-bond acceptors (Lipinski definition) is 4. The summed E-state index contributed by atoms with van der Waals surface area (Å²) in [6.07, 6.45) is 2.52. The first-order valence-corrected chi connectivity index (χ1v) is 9.44. The number of benzene rings is 2. The predicted molar refractivity (Wildman–Crippen MR) is 108 cm³/mol. The maximum atomic E-state index is 11.8. The van der Waals surface area contributed by atoms with Gasteiger partial charge in [-0.05, 0) is 55.2 Å². The van der Waals surface area contributed by atoms with Crippen LogP contribution in [0.1, 0.15) is 30.9 Å². The van der Waals surface area contributed by atoms with E-state index in [9.17, 15) is 4.79 Å². The Morgan fingerprint density at radius 1 is 1.04 bits per heavy atom.